The van der Waals surface area contributed by atoms with Crippen molar-refractivity contribution in [2.24, 2.45) is 0 Å². The molecule has 6 heteroatoms. The molecule has 0 saturated carbocycles. The van der Waals surface area contributed by atoms with Gasteiger partial charge in [0.2, 0.25) is 11.8 Å². The topological polar surface area (TPSA) is 69.7 Å². The van der Waals surface area contributed by atoms with Crippen LogP contribution in [0, 0.1) is 0 Å². The van der Waals surface area contributed by atoms with Crippen molar-refractivity contribution in [2.45, 2.75) is 44.6 Å². The van der Waals surface area contributed by atoms with E-state index in [1.165, 1.54) is 20.9 Å². The number of rotatable bonds is 5. The fourth-order valence-electron chi connectivity index (χ4n) is 3.83. The molecule has 1 aromatic rings. The minimum atomic E-state index is -0.281. The summed E-state index contributed by atoms with van der Waals surface area (Å²) >= 11 is 0. The van der Waals surface area contributed by atoms with Gasteiger partial charge in [0.15, 0.2) is 0 Å². The molecule has 4 amide bonds. The second-order valence-electron chi connectivity index (χ2n) is 7.58. The summed E-state index contributed by atoms with van der Waals surface area (Å²) in [5.41, 5.74) is 2.53. The van der Waals surface area contributed by atoms with Gasteiger partial charge in [-0.2, -0.15) is 0 Å². The second kappa shape index (κ2) is 6.50. The van der Waals surface area contributed by atoms with Crippen molar-refractivity contribution in [3.63, 3.8) is 0 Å². The number of imide groups is 1. The number of nitrogens with one attached hydrogen (secondary N) is 1. The van der Waals surface area contributed by atoms with Crippen molar-refractivity contribution >= 4 is 17.8 Å². The van der Waals surface area contributed by atoms with Gasteiger partial charge >= 0.3 is 6.03 Å². The highest BCUT2D eigenvalue weighted by molar-refractivity contribution is 6.01. The maximum Gasteiger partial charge on any atom is 0.326 e. The third-order valence-corrected chi connectivity index (χ3v) is 5.13. The van der Waals surface area contributed by atoms with Crippen molar-refractivity contribution in [3.8, 4) is 0 Å². The average Bonchev–Trinajstić information content (AvgIpc) is 2.95. The van der Waals surface area contributed by atoms with Crippen LogP contribution in [0.3, 0.4) is 0 Å². The van der Waals surface area contributed by atoms with Gasteiger partial charge in [-0.15, -0.1) is 0 Å². The predicted octanol–water partition coefficient (Wildman–Crippen LogP) is 2.20. The lowest BCUT2D eigenvalue weighted by Crippen LogP contribution is -2.34. The van der Waals surface area contributed by atoms with E-state index in [2.05, 4.69) is 31.3 Å². The molecule has 1 fully saturated rings. The molecule has 2 aliphatic rings. The first-order valence-corrected chi connectivity index (χ1v) is 8.74. The largest absolute Gasteiger partial charge is 0.349 e. The molecule has 1 aliphatic heterocycles. The number of urea groups is 1. The van der Waals surface area contributed by atoms with Crippen molar-refractivity contribution < 1.29 is 14.4 Å². The maximum absolute atomic E-state index is 12.3. The molecule has 1 aromatic carbocycles. The Balaban J connectivity index is 1.52. The molecular formula is C19H25N3O3. The molecule has 1 N–H and O–H groups in total. The zero-order valence-electron chi connectivity index (χ0n) is 15.0. The average molecular weight is 343 g/mol. The highest BCUT2D eigenvalue weighted by Gasteiger charge is 2.37. The van der Waals surface area contributed by atoms with E-state index in [1.807, 2.05) is 12.1 Å². The van der Waals surface area contributed by atoms with Crippen molar-refractivity contribution in [2.75, 3.05) is 20.1 Å². The van der Waals surface area contributed by atoms with Crippen LogP contribution in [0.25, 0.3) is 0 Å². The first kappa shape index (κ1) is 17.5. The van der Waals surface area contributed by atoms with Crippen LogP contribution in [0.5, 0.6) is 0 Å². The monoisotopic (exact) mass is 343 g/mol. The fraction of sp³-hybridized carbons (Fsp3) is 0.526. The Morgan fingerprint density at radius 3 is 2.68 bits per heavy atom. The molecule has 1 atom stereocenters. The summed E-state index contributed by atoms with van der Waals surface area (Å²) in [5, 5.41) is 3.11. The van der Waals surface area contributed by atoms with Crippen LogP contribution in [0.4, 0.5) is 4.79 Å². The minimum Gasteiger partial charge on any atom is -0.349 e. The van der Waals surface area contributed by atoms with Gasteiger partial charge in [-0.25, -0.2) is 4.79 Å². The standard InChI is InChI=1S/C19H25N3O3/c1-19(2)11-15(13-7-4-5-8-14(13)19)20-16(23)9-6-10-22-17(24)12-21(3)18(22)25/h4-5,7-8,15H,6,9-12H2,1-3H3,(H,20,23). The van der Waals surface area contributed by atoms with Gasteiger partial charge in [-0.1, -0.05) is 38.1 Å². The zero-order chi connectivity index (χ0) is 18.2. The molecule has 0 bridgehead atoms. The summed E-state index contributed by atoms with van der Waals surface area (Å²) in [6, 6.07) is 7.98. The van der Waals surface area contributed by atoms with Crippen LogP contribution in [-0.4, -0.2) is 47.8 Å². The van der Waals surface area contributed by atoms with Crippen LogP contribution in [0.15, 0.2) is 24.3 Å². The van der Waals surface area contributed by atoms with E-state index in [1.54, 1.807) is 7.05 Å². The Morgan fingerprint density at radius 1 is 1.28 bits per heavy atom. The molecule has 1 aliphatic carbocycles. The highest BCUT2D eigenvalue weighted by atomic mass is 16.2. The molecule has 1 saturated heterocycles. The van der Waals surface area contributed by atoms with Gasteiger partial charge < -0.3 is 10.2 Å². The number of nitrogens with zero attached hydrogens (tertiary/aromatic N) is 2. The summed E-state index contributed by atoms with van der Waals surface area (Å²) < 4.78 is 0. The summed E-state index contributed by atoms with van der Waals surface area (Å²) in [6.45, 7) is 4.80. The van der Waals surface area contributed by atoms with Crippen molar-refractivity contribution in [1.29, 1.82) is 0 Å². The molecule has 25 heavy (non-hydrogen) atoms. The van der Waals surface area contributed by atoms with E-state index in [0.29, 0.717) is 19.4 Å². The number of carbonyl (C=O) groups is 3. The number of carbonyl (C=O) groups excluding carboxylic acids is 3. The van der Waals surface area contributed by atoms with E-state index in [0.717, 1.165) is 6.42 Å². The maximum atomic E-state index is 12.3. The third kappa shape index (κ3) is 3.38. The SMILES string of the molecule is CN1CC(=O)N(CCCC(=O)NC2CC(C)(C)c3ccccc32)C1=O. The summed E-state index contributed by atoms with van der Waals surface area (Å²) in [5.74, 6) is -0.232. The normalized spacial score (nSPS) is 21.6. The highest BCUT2D eigenvalue weighted by Crippen LogP contribution is 2.44. The summed E-state index contributed by atoms with van der Waals surface area (Å²) in [7, 11) is 1.60. The second-order valence-corrected chi connectivity index (χ2v) is 7.58. The Kier molecular flexibility index (Phi) is 4.54. The first-order chi connectivity index (χ1) is 11.8. The van der Waals surface area contributed by atoms with Gasteiger partial charge in [-0.3, -0.25) is 14.5 Å². The molecule has 3 rings (SSSR count). The first-order valence-electron chi connectivity index (χ1n) is 8.74. The lowest BCUT2D eigenvalue weighted by molar-refractivity contribution is -0.126. The Morgan fingerprint density at radius 2 is 2.00 bits per heavy atom. The number of hydrogen-bond donors (Lipinski definition) is 1. The van der Waals surface area contributed by atoms with Gasteiger partial charge in [0.25, 0.3) is 0 Å². The van der Waals surface area contributed by atoms with E-state index in [4.69, 9.17) is 0 Å². The van der Waals surface area contributed by atoms with Crippen LogP contribution in [0.1, 0.15) is 50.3 Å². The number of hydrogen-bond acceptors (Lipinski definition) is 3. The Bertz CT molecular complexity index is 714. The predicted molar refractivity (Wildman–Crippen MR) is 93.9 cm³/mol. The van der Waals surface area contributed by atoms with E-state index >= 15 is 0 Å². The van der Waals surface area contributed by atoms with Crippen LogP contribution >= 0.6 is 0 Å². The molecule has 0 radical (unpaired) electrons. The van der Waals surface area contributed by atoms with Gasteiger partial charge in [0.1, 0.15) is 6.54 Å². The quantitative estimate of drug-likeness (QED) is 0.833. The summed E-state index contributed by atoms with van der Waals surface area (Å²) in [4.78, 5) is 38.5. The molecule has 134 valence electrons. The Labute approximate surface area is 148 Å². The fourth-order valence-corrected chi connectivity index (χ4v) is 3.83. The minimum absolute atomic E-state index is 0.0277. The molecular weight excluding hydrogens is 318 g/mol. The molecule has 0 aromatic heterocycles. The smallest absolute Gasteiger partial charge is 0.326 e. The number of likely N-dealkylation sites (N-methyl/N-ethyl adjacent to an activating group) is 1. The van der Waals surface area contributed by atoms with Crippen molar-refractivity contribution in [1.82, 2.24) is 15.1 Å². The van der Waals surface area contributed by atoms with Crippen LogP contribution in [0.2, 0.25) is 0 Å². The Hall–Kier alpha value is -2.37. The zero-order valence-corrected chi connectivity index (χ0v) is 15.0. The van der Waals surface area contributed by atoms with Crippen molar-refractivity contribution in [3.05, 3.63) is 35.4 Å². The van der Waals surface area contributed by atoms with Crippen LogP contribution < -0.4 is 5.32 Å². The van der Waals surface area contributed by atoms with E-state index < -0.39 is 0 Å². The molecule has 1 heterocycles. The van der Waals surface area contributed by atoms with Gasteiger partial charge in [-0.05, 0) is 29.4 Å². The lowest BCUT2D eigenvalue weighted by Gasteiger charge is -2.19. The number of fused-ring (bicyclic) bond motifs is 1. The van der Waals surface area contributed by atoms with Gasteiger partial charge in [0, 0.05) is 20.0 Å². The number of amides is 4. The van der Waals surface area contributed by atoms with E-state index in [-0.39, 0.29) is 35.8 Å². The summed E-state index contributed by atoms with van der Waals surface area (Å²) in [6.07, 6.45) is 1.67. The third-order valence-electron chi connectivity index (χ3n) is 5.13. The van der Waals surface area contributed by atoms with Gasteiger partial charge in [0.05, 0.1) is 6.04 Å². The lowest BCUT2D eigenvalue weighted by atomic mass is 9.86. The molecule has 6 nitrogen and oxygen atoms in total. The van der Waals surface area contributed by atoms with Crippen LogP contribution in [-0.2, 0) is 15.0 Å². The van der Waals surface area contributed by atoms with E-state index in [9.17, 15) is 14.4 Å². The molecule has 1 unspecified atom stereocenters. The number of benzene rings is 1. The molecule has 0 spiro atoms.